The number of carbonyl (C=O) groups is 2. The Bertz CT molecular complexity index is 487. The van der Waals surface area contributed by atoms with Gasteiger partial charge in [0.1, 0.15) is 0 Å². The fourth-order valence-corrected chi connectivity index (χ4v) is 1.38. The Morgan fingerprint density at radius 3 is 2.20 bits per heavy atom. The zero-order valence-electron chi connectivity index (χ0n) is 11.0. The van der Waals surface area contributed by atoms with Crippen LogP contribution in [0, 0.1) is 0 Å². The Hall–Kier alpha value is -2.05. The minimum absolute atomic E-state index is 0.425. The summed E-state index contributed by atoms with van der Waals surface area (Å²) < 4.78 is 40.3. The number of ketones is 1. The van der Waals surface area contributed by atoms with Crippen LogP contribution in [0.1, 0.15) is 13.8 Å². The van der Waals surface area contributed by atoms with Gasteiger partial charge in [-0.1, -0.05) is 18.2 Å². The Labute approximate surface area is 113 Å². The third kappa shape index (κ3) is 4.25. The second kappa shape index (κ2) is 5.94. The van der Waals surface area contributed by atoms with Gasteiger partial charge in [0.25, 0.3) is 0 Å². The Kier molecular flexibility index (Phi) is 4.75. The summed E-state index contributed by atoms with van der Waals surface area (Å²) in [5, 5.41) is 2.60. The second-order valence-electron chi connectivity index (χ2n) is 4.36. The molecule has 0 saturated heterocycles. The van der Waals surface area contributed by atoms with Crippen molar-refractivity contribution in [3.05, 3.63) is 30.3 Å². The number of carbonyl (C=O) groups excluding carboxylic acids is 2. The average molecular weight is 289 g/mol. The first kappa shape index (κ1) is 16.0. The molecule has 4 nitrogen and oxygen atoms in total. The van der Waals surface area contributed by atoms with Crippen molar-refractivity contribution in [3.8, 4) is 0 Å². The van der Waals surface area contributed by atoms with Gasteiger partial charge >= 0.3 is 12.1 Å². The van der Waals surface area contributed by atoms with E-state index in [4.69, 9.17) is 0 Å². The van der Waals surface area contributed by atoms with Gasteiger partial charge < -0.3 is 10.1 Å². The van der Waals surface area contributed by atoms with Crippen LogP contribution in [0.4, 0.5) is 18.9 Å². The molecule has 0 radical (unpaired) electrons. The minimum Gasteiger partial charge on any atom is -0.454 e. The van der Waals surface area contributed by atoms with Crippen molar-refractivity contribution in [1.29, 1.82) is 0 Å². The first-order chi connectivity index (χ1) is 9.15. The third-order valence-electron chi connectivity index (χ3n) is 2.65. The number of halogens is 3. The van der Waals surface area contributed by atoms with Crippen molar-refractivity contribution in [3.63, 3.8) is 0 Å². The van der Waals surface area contributed by atoms with Crippen LogP contribution in [0.25, 0.3) is 0 Å². The zero-order valence-corrected chi connectivity index (χ0v) is 11.0. The van der Waals surface area contributed by atoms with E-state index in [1.807, 2.05) is 0 Å². The zero-order chi connectivity index (χ0) is 15.4. The molecule has 0 aliphatic heterocycles. The highest BCUT2D eigenvalue weighted by Crippen LogP contribution is 2.20. The smallest absolute Gasteiger partial charge is 0.422 e. The summed E-state index contributed by atoms with van der Waals surface area (Å²) in [5.41, 5.74) is -1.44. The highest BCUT2D eigenvalue weighted by molar-refractivity contribution is 6.09. The number of benzene rings is 1. The molecule has 0 amide bonds. The van der Waals surface area contributed by atoms with Crippen LogP contribution >= 0.6 is 0 Å². The number of hydrogen-bond acceptors (Lipinski definition) is 4. The maximum atomic E-state index is 12.0. The van der Waals surface area contributed by atoms with Crippen molar-refractivity contribution >= 4 is 17.4 Å². The Morgan fingerprint density at radius 2 is 1.75 bits per heavy atom. The number of para-hydroxylation sites is 1. The number of esters is 1. The molecule has 110 valence electrons. The molecule has 7 heteroatoms. The molecule has 0 saturated carbocycles. The fourth-order valence-electron chi connectivity index (χ4n) is 1.38. The number of rotatable bonds is 5. The minimum atomic E-state index is -4.64. The molecule has 0 heterocycles. The van der Waals surface area contributed by atoms with Crippen LogP contribution < -0.4 is 5.32 Å². The number of anilines is 1. The number of nitrogens with one attached hydrogen (secondary N) is 1. The second-order valence-corrected chi connectivity index (χ2v) is 4.36. The molecule has 0 aliphatic rings. The van der Waals surface area contributed by atoms with E-state index in [0.29, 0.717) is 5.69 Å². The van der Waals surface area contributed by atoms with Gasteiger partial charge in [-0.3, -0.25) is 4.79 Å². The molecule has 20 heavy (non-hydrogen) atoms. The fraction of sp³-hybridized carbons (Fsp3) is 0.385. The van der Waals surface area contributed by atoms with E-state index in [0.717, 1.165) is 6.92 Å². The molecule has 0 spiro atoms. The largest absolute Gasteiger partial charge is 0.454 e. The molecule has 0 aliphatic carbocycles. The molecule has 0 bridgehead atoms. The van der Waals surface area contributed by atoms with Crippen LogP contribution in [-0.2, 0) is 14.3 Å². The molecular formula is C13H14F3NO3. The van der Waals surface area contributed by atoms with E-state index in [-0.39, 0.29) is 0 Å². The van der Waals surface area contributed by atoms with Crippen molar-refractivity contribution in [2.24, 2.45) is 0 Å². The topological polar surface area (TPSA) is 55.4 Å². The summed E-state index contributed by atoms with van der Waals surface area (Å²) in [5.74, 6) is -1.92. The van der Waals surface area contributed by atoms with E-state index in [1.165, 1.54) is 6.92 Å². The lowest BCUT2D eigenvalue weighted by Crippen LogP contribution is -2.51. The summed E-state index contributed by atoms with van der Waals surface area (Å²) >= 11 is 0. The maximum absolute atomic E-state index is 12.0. The number of ether oxygens (including phenoxy) is 1. The van der Waals surface area contributed by atoms with Crippen molar-refractivity contribution in [2.75, 3.05) is 11.9 Å². The van der Waals surface area contributed by atoms with Gasteiger partial charge in [0, 0.05) is 5.69 Å². The maximum Gasteiger partial charge on any atom is 0.422 e. The molecule has 1 rings (SSSR count). The van der Waals surface area contributed by atoms with Gasteiger partial charge in [-0.25, -0.2) is 4.79 Å². The van der Waals surface area contributed by atoms with E-state index in [1.54, 1.807) is 30.3 Å². The normalized spacial score (nSPS) is 14.2. The van der Waals surface area contributed by atoms with Crippen LogP contribution in [0.5, 0.6) is 0 Å². The lowest BCUT2D eigenvalue weighted by molar-refractivity contribution is -0.189. The number of alkyl halides is 3. The summed E-state index contributed by atoms with van der Waals surface area (Å²) in [4.78, 5) is 23.3. The number of Topliss-reactive ketones (excluding diaryl/α,β-unsaturated/α-hetero) is 1. The van der Waals surface area contributed by atoms with Crippen molar-refractivity contribution in [1.82, 2.24) is 0 Å². The van der Waals surface area contributed by atoms with Gasteiger partial charge in [-0.2, -0.15) is 13.2 Å². The quantitative estimate of drug-likeness (QED) is 0.668. The highest BCUT2D eigenvalue weighted by Gasteiger charge is 2.42. The highest BCUT2D eigenvalue weighted by atomic mass is 19.4. The van der Waals surface area contributed by atoms with Gasteiger partial charge in [-0.05, 0) is 26.0 Å². The average Bonchev–Trinajstić information content (AvgIpc) is 2.35. The van der Waals surface area contributed by atoms with Gasteiger partial charge in [0.05, 0.1) is 0 Å². The van der Waals surface area contributed by atoms with E-state index in [2.05, 4.69) is 10.1 Å². The van der Waals surface area contributed by atoms with Crippen LogP contribution in [0.3, 0.4) is 0 Å². The number of hydrogen-bond donors (Lipinski definition) is 1. The predicted molar refractivity (Wildman–Crippen MR) is 66.2 cm³/mol. The van der Waals surface area contributed by atoms with Gasteiger partial charge in [-0.15, -0.1) is 0 Å². The van der Waals surface area contributed by atoms with E-state index >= 15 is 0 Å². The van der Waals surface area contributed by atoms with Gasteiger partial charge in [0.15, 0.2) is 17.9 Å². The summed E-state index contributed by atoms with van der Waals surface area (Å²) in [6, 6.07) is 8.20. The monoisotopic (exact) mass is 289 g/mol. The van der Waals surface area contributed by atoms with Crippen LogP contribution in [0.2, 0.25) is 0 Å². The summed E-state index contributed by atoms with van der Waals surface area (Å²) in [6.07, 6.45) is -4.64. The molecule has 0 fully saturated rings. The first-order valence-electron chi connectivity index (χ1n) is 5.73. The summed E-state index contributed by atoms with van der Waals surface area (Å²) in [6.45, 7) is 0.553. The SMILES string of the molecule is CC(=O)C(C)(Nc1ccccc1)C(=O)OCC(F)(F)F. The molecular weight excluding hydrogens is 275 g/mol. The Balaban J connectivity index is 2.86. The van der Waals surface area contributed by atoms with Crippen molar-refractivity contribution in [2.45, 2.75) is 25.6 Å². The molecule has 1 unspecified atom stereocenters. The van der Waals surface area contributed by atoms with Crippen molar-refractivity contribution < 1.29 is 27.5 Å². The lowest BCUT2D eigenvalue weighted by Gasteiger charge is -2.27. The molecule has 1 aromatic rings. The predicted octanol–water partition coefficient (Wildman–Crippen LogP) is 2.55. The molecule has 1 N–H and O–H groups in total. The van der Waals surface area contributed by atoms with Crippen LogP contribution in [-0.4, -0.2) is 30.1 Å². The first-order valence-corrected chi connectivity index (χ1v) is 5.73. The molecule has 1 aromatic carbocycles. The molecule has 1 atom stereocenters. The van der Waals surface area contributed by atoms with E-state index < -0.39 is 30.1 Å². The third-order valence-corrected chi connectivity index (χ3v) is 2.65. The van der Waals surface area contributed by atoms with Crippen LogP contribution in [0.15, 0.2) is 30.3 Å². The van der Waals surface area contributed by atoms with Gasteiger partial charge in [0.2, 0.25) is 0 Å². The molecule has 0 aromatic heterocycles. The Morgan fingerprint density at radius 1 is 1.20 bits per heavy atom. The lowest BCUT2D eigenvalue weighted by atomic mass is 9.97. The summed E-state index contributed by atoms with van der Waals surface area (Å²) in [7, 11) is 0. The van der Waals surface area contributed by atoms with E-state index in [9.17, 15) is 22.8 Å². The standard InChI is InChI=1S/C13H14F3NO3/c1-9(18)12(2,11(19)20-8-13(14,15)16)17-10-6-4-3-5-7-10/h3-7,17H,8H2,1-2H3.